The molecule has 0 saturated carbocycles. The molecule has 0 amide bonds. The molecule has 114 valence electrons. The van der Waals surface area contributed by atoms with Gasteiger partial charge in [-0.2, -0.15) is 0 Å². The van der Waals surface area contributed by atoms with Crippen LogP contribution in [0.4, 0.5) is 0 Å². The minimum Gasteiger partial charge on any atom is -0.302 e. The topological polar surface area (TPSA) is 24.9 Å². The number of rotatable bonds is 5. The number of nitrogens with zero attached hydrogens (tertiary/aromatic N) is 1. The smallest absolute Gasteiger partial charge is 0.115 e. The van der Waals surface area contributed by atoms with Gasteiger partial charge in [0.15, 0.2) is 0 Å². The van der Waals surface area contributed by atoms with E-state index in [2.05, 4.69) is 55.0 Å². The van der Waals surface area contributed by atoms with Crippen molar-refractivity contribution >= 4 is 38.9 Å². The number of hydrogen-bond donors (Lipinski definition) is 1. The molecule has 1 unspecified atom stereocenters. The Labute approximate surface area is 144 Å². The Bertz CT molecular complexity index is 625. The van der Waals surface area contributed by atoms with Crippen molar-refractivity contribution in [2.45, 2.75) is 46.2 Å². The largest absolute Gasteiger partial charge is 0.302 e. The van der Waals surface area contributed by atoms with Gasteiger partial charge in [-0.15, -0.1) is 11.3 Å². The van der Waals surface area contributed by atoms with E-state index in [1.54, 1.807) is 11.3 Å². The molecule has 1 N–H and O–H groups in total. The molecule has 2 aromatic rings. The molecule has 2 rings (SSSR count). The second kappa shape index (κ2) is 7.23. The summed E-state index contributed by atoms with van der Waals surface area (Å²) in [6, 6.07) is 6.34. The normalized spacial score (nSPS) is 12.9. The first-order valence-electron chi connectivity index (χ1n) is 7.09. The molecule has 0 radical (unpaired) electrons. The van der Waals surface area contributed by atoms with Crippen LogP contribution in [0.1, 0.15) is 48.0 Å². The molecule has 0 bridgehead atoms. The standard InChI is InChI=1S/C16H20BrClN2S/c1-5-14-10(4)21-16(20-14)15(19-9(2)3)12-8-11(17)6-7-13(12)18/h6-9,15,19H,5H2,1-4H3. The van der Waals surface area contributed by atoms with Gasteiger partial charge in [0, 0.05) is 20.4 Å². The van der Waals surface area contributed by atoms with Crippen LogP contribution in [0.25, 0.3) is 0 Å². The summed E-state index contributed by atoms with van der Waals surface area (Å²) < 4.78 is 1.03. The van der Waals surface area contributed by atoms with Crippen molar-refractivity contribution in [2.75, 3.05) is 0 Å². The summed E-state index contributed by atoms with van der Waals surface area (Å²) in [5, 5.41) is 5.44. The molecule has 0 spiro atoms. The number of halogens is 2. The molecule has 21 heavy (non-hydrogen) atoms. The van der Waals surface area contributed by atoms with Crippen LogP contribution in [-0.2, 0) is 6.42 Å². The SMILES string of the molecule is CCc1nc(C(NC(C)C)c2cc(Br)ccc2Cl)sc1C. The van der Waals surface area contributed by atoms with Crippen molar-refractivity contribution in [3.63, 3.8) is 0 Å². The van der Waals surface area contributed by atoms with Crippen molar-refractivity contribution in [3.8, 4) is 0 Å². The molecule has 0 saturated heterocycles. The van der Waals surface area contributed by atoms with E-state index >= 15 is 0 Å². The lowest BCUT2D eigenvalue weighted by atomic mass is 10.1. The first-order valence-corrected chi connectivity index (χ1v) is 9.08. The van der Waals surface area contributed by atoms with Crippen LogP contribution in [0.5, 0.6) is 0 Å². The third-order valence-electron chi connectivity index (χ3n) is 3.26. The minimum absolute atomic E-state index is 0.0269. The molecule has 0 aliphatic carbocycles. The van der Waals surface area contributed by atoms with E-state index < -0.39 is 0 Å². The van der Waals surface area contributed by atoms with Crippen LogP contribution in [0, 0.1) is 6.92 Å². The molecule has 1 atom stereocenters. The van der Waals surface area contributed by atoms with E-state index in [9.17, 15) is 0 Å². The zero-order valence-corrected chi connectivity index (χ0v) is 15.9. The fourth-order valence-corrected chi connectivity index (χ4v) is 3.96. The summed E-state index contributed by atoms with van der Waals surface area (Å²) in [5.41, 5.74) is 2.24. The molecule has 1 heterocycles. The fraction of sp³-hybridized carbons (Fsp3) is 0.438. The quantitative estimate of drug-likeness (QED) is 0.731. The van der Waals surface area contributed by atoms with Crippen LogP contribution in [0.2, 0.25) is 5.02 Å². The van der Waals surface area contributed by atoms with Gasteiger partial charge >= 0.3 is 0 Å². The highest BCUT2D eigenvalue weighted by atomic mass is 79.9. The molecule has 0 aliphatic rings. The lowest BCUT2D eigenvalue weighted by molar-refractivity contribution is 0.526. The number of hydrogen-bond acceptors (Lipinski definition) is 3. The van der Waals surface area contributed by atoms with Crippen LogP contribution < -0.4 is 5.32 Å². The molecule has 1 aromatic heterocycles. The monoisotopic (exact) mass is 386 g/mol. The maximum atomic E-state index is 6.42. The van der Waals surface area contributed by atoms with E-state index in [0.717, 1.165) is 26.5 Å². The van der Waals surface area contributed by atoms with Crippen molar-refractivity contribution in [2.24, 2.45) is 0 Å². The van der Waals surface area contributed by atoms with Gasteiger partial charge in [0.1, 0.15) is 5.01 Å². The molecule has 0 fully saturated rings. The van der Waals surface area contributed by atoms with Gasteiger partial charge in [-0.05, 0) is 51.0 Å². The maximum Gasteiger partial charge on any atom is 0.115 e. The Morgan fingerprint density at radius 1 is 1.38 bits per heavy atom. The predicted molar refractivity (Wildman–Crippen MR) is 95.5 cm³/mol. The summed E-state index contributed by atoms with van der Waals surface area (Å²) in [4.78, 5) is 6.10. The lowest BCUT2D eigenvalue weighted by Gasteiger charge is -2.21. The Hall–Kier alpha value is -0.420. The second-order valence-corrected chi connectivity index (χ2v) is 7.89. The van der Waals surface area contributed by atoms with E-state index in [1.165, 1.54) is 10.6 Å². The Morgan fingerprint density at radius 2 is 2.10 bits per heavy atom. The highest BCUT2D eigenvalue weighted by molar-refractivity contribution is 9.10. The van der Waals surface area contributed by atoms with E-state index in [1.807, 2.05) is 12.1 Å². The molecule has 0 aliphatic heterocycles. The zero-order valence-electron chi connectivity index (χ0n) is 12.7. The summed E-state index contributed by atoms with van der Waals surface area (Å²) >= 11 is 11.7. The van der Waals surface area contributed by atoms with Crippen LogP contribution in [0.15, 0.2) is 22.7 Å². The number of thiazole rings is 1. The molecule has 5 heteroatoms. The Kier molecular flexibility index (Phi) is 5.83. The van der Waals surface area contributed by atoms with Gasteiger partial charge in [-0.3, -0.25) is 0 Å². The van der Waals surface area contributed by atoms with Gasteiger partial charge < -0.3 is 5.32 Å². The van der Waals surface area contributed by atoms with Crippen LogP contribution in [-0.4, -0.2) is 11.0 Å². The third-order valence-corrected chi connectivity index (χ3v) is 5.18. The van der Waals surface area contributed by atoms with Gasteiger partial charge in [0.2, 0.25) is 0 Å². The predicted octanol–water partition coefficient (Wildman–Crippen LogP) is 5.52. The first kappa shape index (κ1) is 16.9. The fourth-order valence-electron chi connectivity index (χ4n) is 2.27. The van der Waals surface area contributed by atoms with E-state index in [-0.39, 0.29) is 6.04 Å². The third kappa shape index (κ3) is 4.07. The summed E-state index contributed by atoms with van der Waals surface area (Å²) in [6.07, 6.45) is 0.961. The number of nitrogens with one attached hydrogen (secondary N) is 1. The number of aryl methyl sites for hydroxylation is 2. The summed E-state index contributed by atoms with van der Waals surface area (Å²) in [7, 11) is 0. The molecular formula is C16H20BrClN2S. The first-order chi connectivity index (χ1) is 9.92. The lowest BCUT2D eigenvalue weighted by Crippen LogP contribution is -2.29. The average Bonchev–Trinajstić information content (AvgIpc) is 2.80. The van der Waals surface area contributed by atoms with Gasteiger partial charge in [0.05, 0.1) is 11.7 Å². The molecular weight excluding hydrogens is 368 g/mol. The van der Waals surface area contributed by atoms with Gasteiger partial charge in [-0.25, -0.2) is 4.98 Å². The zero-order chi connectivity index (χ0) is 15.6. The van der Waals surface area contributed by atoms with Crippen LogP contribution >= 0.6 is 38.9 Å². The van der Waals surface area contributed by atoms with E-state index in [0.29, 0.717) is 6.04 Å². The Balaban J connectivity index is 2.49. The highest BCUT2D eigenvalue weighted by Crippen LogP contribution is 2.34. The average molecular weight is 388 g/mol. The highest BCUT2D eigenvalue weighted by Gasteiger charge is 2.22. The van der Waals surface area contributed by atoms with E-state index in [4.69, 9.17) is 16.6 Å². The van der Waals surface area contributed by atoms with Crippen LogP contribution in [0.3, 0.4) is 0 Å². The number of benzene rings is 1. The molecule has 1 aromatic carbocycles. The van der Waals surface area contributed by atoms with Gasteiger partial charge in [-0.1, -0.05) is 34.5 Å². The summed E-state index contributed by atoms with van der Waals surface area (Å²) in [6.45, 7) is 8.55. The second-order valence-electron chi connectivity index (χ2n) is 5.33. The van der Waals surface area contributed by atoms with Crippen molar-refractivity contribution in [1.29, 1.82) is 0 Å². The Morgan fingerprint density at radius 3 is 2.67 bits per heavy atom. The summed E-state index contributed by atoms with van der Waals surface area (Å²) in [5.74, 6) is 0. The molecule has 2 nitrogen and oxygen atoms in total. The number of aromatic nitrogens is 1. The maximum absolute atomic E-state index is 6.42. The minimum atomic E-state index is 0.0269. The van der Waals surface area contributed by atoms with Crippen molar-refractivity contribution in [1.82, 2.24) is 10.3 Å². The van der Waals surface area contributed by atoms with Gasteiger partial charge in [0.25, 0.3) is 0 Å². The van der Waals surface area contributed by atoms with Crippen molar-refractivity contribution in [3.05, 3.63) is 48.8 Å². The van der Waals surface area contributed by atoms with Crippen molar-refractivity contribution < 1.29 is 0 Å².